The van der Waals surface area contributed by atoms with Gasteiger partial charge in [0.15, 0.2) is 5.41 Å². The van der Waals surface area contributed by atoms with Gasteiger partial charge in [0, 0.05) is 11.3 Å². The third-order valence-electron chi connectivity index (χ3n) is 6.31. The van der Waals surface area contributed by atoms with Crippen LogP contribution >= 0.6 is 11.3 Å². The maximum absolute atomic E-state index is 10.2. The minimum absolute atomic E-state index is 0.293. The lowest BCUT2D eigenvalue weighted by atomic mass is 9.51. The van der Waals surface area contributed by atoms with Crippen molar-refractivity contribution in [3.05, 3.63) is 21.9 Å². The van der Waals surface area contributed by atoms with Crippen LogP contribution in [-0.2, 0) is 9.47 Å². The van der Waals surface area contributed by atoms with Crippen LogP contribution < -0.4 is 0 Å². The van der Waals surface area contributed by atoms with Gasteiger partial charge in [0.05, 0.1) is 24.1 Å². The minimum Gasteiger partial charge on any atom is -0.447 e. The van der Waals surface area contributed by atoms with Crippen LogP contribution in [0.3, 0.4) is 0 Å². The van der Waals surface area contributed by atoms with E-state index >= 15 is 0 Å². The first-order chi connectivity index (χ1) is 12.4. The van der Waals surface area contributed by atoms with Crippen molar-refractivity contribution in [2.75, 3.05) is 0 Å². The molecule has 1 saturated carbocycles. The Morgan fingerprint density at radius 1 is 1.27 bits per heavy atom. The molecule has 0 amide bonds. The van der Waals surface area contributed by atoms with Crippen molar-refractivity contribution in [3.63, 3.8) is 0 Å². The monoisotopic (exact) mass is 366 g/mol. The number of nitrogens with zero attached hydrogens (tertiary/aromatic N) is 3. The topological polar surface area (TPSA) is 114 Å². The second-order valence-corrected chi connectivity index (χ2v) is 8.54. The molecule has 6 nitrogen and oxygen atoms in total. The van der Waals surface area contributed by atoms with E-state index in [1.165, 1.54) is 11.3 Å². The zero-order valence-electron chi connectivity index (χ0n) is 14.6. The van der Waals surface area contributed by atoms with Crippen LogP contribution in [0.1, 0.15) is 42.7 Å². The van der Waals surface area contributed by atoms with Gasteiger partial charge >= 0.3 is 0 Å². The quantitative estimate of drug-likeness (QED) is 0.811. The Morgan fingerprint density at radius 2 is 2.00 bits per heavy atom. The van der Waals surface area contributed by atoms with Gasteiger partial charge in [-0.15, -0.1) is 11.3 Å². The summed E-state index contributed by atoms with van der Waals surface area (Å²) in [5.41, 5.74) is -2.53. The van der Waals surface area contributed by atoms with Crippen LogP contribution in [0.15, 0.2) is 11.4 Å². The summed E-state index contributed by atoms with van der Waals surface area (Å²) in [5, 5.41) is 40.9. The number of ether oxygens (including phenoxy) is 2. The number of hydrogen-bond donors (Lipinski definition) is 1. The van der Waals surface area contributed by atoms with E-state index in [0.717, 1.165) is 16.9 Å². The van der Waals surface area contributed by atoms with Crippen molar-refractivity contribution < 1.29 is 9.47 Å². The molecule has 4 rings (SSSR count). The molecule has 0 radical (unpaired) electrons. The van der Waals surface area contributed by atoms with Gasteiger partial charge in [-0.3, -0.25) is 5.41 Å². The Balaban J connectivity index is 2.02. The molecule has 7 heteroatoms. The Kier molecular flexibility index (Phi) is 3.47. The summed E-state index contributed by atoms with van der Waals surface area (Å²) < 4.78 is 12.3. The van der Waals surface area contributed by atoms with Gasteiger partial charge in [0.1, 0.15) is 6.10 Å². The highest BCUT2D eigenvalue weighted by Gasteiger charge is 2.81. The molecule has 0 spiro atoms. The first-order valence-corrected chi connectivity index (χ1v) is 9.52. The minimum atomic E-state index is -1.82. The Bertz CT molecular complexity index is 905. The van der Waals surface area contributed by atoms with Gasteiger partial charge < -0.3 is 9.47 Å². The summed E-state index contributed by atoms with van der Waals surface area (Å²) in [4.78, 5) is 0.752. The number of rotatable bonds is 1. The molecule has 2 saturated heterocycles. The van der Waals surface area contributed by atoms with Crippen molar-refractivity contribution >= 4 is 17.2 Å². The molecule has 2 bridgehead atoms. The summed E-state index contributed by atoms with van der Waals surface area (Å²) in [5.74, 6) is -1.57. The highest BCUT2D eigenvalue weighted by atomic mass is 32.1. The number of aryl methyl sites for hydroxylation is 1. The summed E-state index contributed by atoms with van der Waals surface area (Å²) in [7, 11) is 0. The highest BCUT2D eigenvalue weighted by molar-refractivity contribution is 7.10. The van der Waals surface area contributed by atoms with Crippen molar-refractivity contribution in [2.45, 2.75) is 45.0 Å². The molecule has 132 valence electrons. The standard InChI is InChI=1S/C19H18N4O2S/c1-11-3-5-19-13(7-11)18(10-22,16(23)25-19)17(8-20,9-21)15(24-19)14-12(2)4-6-26-14/h4,6,11,13,15,23H,3,5,7H2,1-2H3. The lowest BCUT2D eigenvalue weighted by Gasteiger charge is -2.52. The zero-order valence-corrected chi connectivity index (χ0v) is 15.4. The second kappa shape index (κ2) is 5.30. The van der Waals surface area contributed by atoms with Crippen LogP contribution in [0, 0.1) is 69.0 Å². The number of nitrogens with one attached hydrogen (secondary N) is 1. The van der Waals surface area contributed by atoms with E-state index in [9.17, 15) is 15.8 Å². The maximum Gasteiger partial charge on any atom is 0.217 e. The highest BCUT2D eigenvalue weighted by Crippen LogP contribution is 2.70. The third kappa shape index (κ3) is 1.69. The molecule has 1 aromatic heterocycles. The molecule has 3 fully saturated rings. The molecular weight excluding hydrogens is 348 g/mol. The lowest BCUT2D eigenvalue weighted by molar-refractivity contribution is -0.297. The molecule has 3 aliphatic rings. The largest absolute Gasteiger partial charge is 0.447 e. The fourth-order valence-corrected chi connectivity index (χ4v) is 5.94. The normalized spacial score (nSPS) is 39.8. The van der Waals surface area contributed by atoms with Crippen molar-refractivity contribution in [2.24, 2.45) is 22.7 Å². The summed E-state index contributed by atoms with van der Waals surface area (Å²) in [6, 6.07) is 8.32. The van der Waals surface area contributed by atoms with Gasteiger partial charge in [-0.1, -0.05) is 6.92 Å². The molecule has 1 N–H and O–H groups in total. The fraction of sp³-hybridized carbons (Fsp3) is 0.579. The van der Waals surface area contributed by atoms with E-state index < -0.39 is 28.6 Å². The van der Waals surface area contributed by atoms with Crippen molar-refractivity contribution in [3.8, 4) is 18.2 Å². The average Bonchev–Trinajstić information content (AvgIpc) is 3.13. The van der Waals surface area contributed by atoms with Gasteiger partial charge in [-0.2, -0.15) is 15.8 Å². The van der Waals surface area contributed by atoms with Crippen LogP contribution in [-0.4, -0.2) is 11.7 Å². The molecule has 0 aromatic carbocycles. The first kappa shape index (κ1) is 17.0. The van der Waals surface area contributed by atoms with E-state index in [4.69, 9.17) is 14.9 Å². The summed E-state index contributed by atoms with van der Waals surface area (Å²) in [6.07, 6.45) is 1.09. The van der Waals surface area contributed by atoms with E-state index in [2.05, 4.69) is 25.1 Å². The Morgan fingerprint density at radius 3 is 2.58 bits per heavy atom. The third-order valence-corrected chi connectivity index (χ3v) is 7.37. The van der Waals surface area contributed by atoms with Gasteiger partial charge in [0.2, 0.25) is 17.1 Å². The van der Waals surface area contributed by atoms with Gasteiger partial charge in [-0.05, 0) is 42.7 Å². The van der Waals surface area contributed by atoms with E-state index in [1.54, 1.807) is 0 Å². The molecular formula is C19H18N4O2S. The predicted molar refractivity (Wildman–Crippen MR) is 92.6 cm³/mol. The summed E-state index contributed by atoms with van der Waals surface area (Å²) in [6.45, 7) is 3.98. The fourth-order valence-electron chi connectivity index (χ4n) is 4.91. The first-order valence-electron chi connectivity index (χ1n) is 8.64. The van der Waals surface area contributed by atoms with E-state index in [-0.39, 0.29) is 5.90 Å². The Hall–Kier alpha value is -2.40. The van der Waals surface area contributed by atoms with Gasteiger partial charge in [-0.25, -0.2) is 0 Å². The molecule has 2 aliphatic heterocycles. The smallest absolute Gasteiger partial charge is 0.217 e. The molecule has 3 heterocycles. The molecule has 1 aromatic rings. The van der Waals surface area contributed by atoms with Crippen LogP contribution in [0.25, 0.3) is 0 Å². The van der Waals surface area contributed by atoms with Crippen LogP contribution in [0.5, 0.6) is 0 Å². The zero-order chi connectivity index (χ0) is 18.7. The number of nitriles is 3. The van der Waals surface area contributed by atoms with Crippen molar-refractivity contribution in [1.29, 1.82) is 21.2 Å². The molecule has 5 unspecified atom stereocenters. The molecule has 5 atom stereocenters. The van der Waals surface area contributed by atoms with Gasteiger partial charge in [0.25, 0.3) is 0 Å². The van der Waals surface area contributed by atoms with Crippen molar-refractivity contribution in [1.82, 2.24) is 0 Å². The number of thiophene rings is 1. The average molecular weight is 366 g/mol. The molecule has 1 aliphatic carbocycles. The van der Waals surface area contributed by atoms with E-state index in [0.29, 0.717) is 18.8 Å². The van der Waals surface area contributed by atoms with Crippen LogP contribution in [0.2, 0.25) is 0 Å². The maximum atomic E-state index is 10.2. The Labute approximate surface area is 156 Å². The number of hydrogen-bond acceptors (Lipinski definition) is 7. The summed E-state index contributed by atoms with van der Waals surface area (Å²) >= 11 is 1.41. The van der Waals surface area contributed by atoms with Crippen LogP contribution in [0.4, 0.5) is 0 Å². The predicted octanol–water partition coefficient (Wildman–Crippen LogP) is 3.81. The second-order valence-electron chi connectivity index (χ2n) is 7.59. The SMILES string of the molecule is Cc1ccsc1C1OC23CCC(C)CC2C(C#N)(C(=N)O3)C1(C#N)C#N. The molecule has 26 heavy (non-hydrogen) atoms. The lowest BCUT2D eigenvalue weighted by Crippen LogP contribution is -2.60. The van der Waals surface area contributed by atoms with E-state index in [1.807, 2.05) is 18.4 Å².